The molecule has 0 spiro atoms. The Bertz CT molecular complexity index is 988. The number of aromatic nitrogens is 1. The number of morpholine rings is 1. The molecular formula is C22H20F2N2O3. The summed E-state index contributed by atoms with van der Waals surface area (Å²) in [6.07, 6.45) is 1.75. The van der Waals surface area contributed by atoms with E-state index in [1.54, 1.807) is 35.2 Å². The van der Waals surface area contributed by atoms with Crippen molar-refractivity contribution in [2.45, 2.75) is 18.9 Å². The van der Waals surface area contributed by atoms with Crippen LogP contribution in [0.1, 0.15) is 24.0 Å². The molecule has 1 aliphatic heterocycles. The number of ether oxygens (including phenoxy) is 1. The van der Waals surface area contributed by atoms with E-state index in [2.05, 4.69) is 4.98 Å². The van der Waals surface area contributed by atoms with Gasteiger partial charge in [0.15, 0.2) is 11.7 Å². The Kier molecular flexibility index (Phi) is 5.67. The van der Waals surface area contributed by atoms with E-state index in [-0.39, 0.29) is 30.1 Å². The molecule has 0 saturated carbocycles. The van der Waals surface area contributed by atoms with Gasteiger partial charge in [-0.1, -0.05) is 24.3 Å². The van der Waals surface area contributed by atoms with Gasteiger partial charge in [-0.05, 0) is 29.8 Å². The van der Waals surface area contributed by atoms with E-state index in [9.17, 15) is 13.6 Å². The maximum Gasteiger partial charge on any atom is 0.223 e. The van der Waals surface area contributed by atoms with Gasteiger partial charge in [-0.3, -0.25) is 4.79 Å². The minimum Gasteiger partial charge on any atom is -0.441 e. The number of carbonyl (C=O) groups is 1. The number of nitrogens with zero attached hydrogens (tertiary/aromatic N) is 2. The van der Waals surface area contributed by atoms with Crippen LogP contribution in [0.15, 0.2) is 59.1 Å². The van der Waals surface area contributed by atoms with Crippen molar-refractivity contribution in [1.29, 1.82) is 0 Å². The highest BCUT2D eigenvalue weighted by atomic mass is 19.1. The standard InChI is InChI=1S/C22H20F2N2O3/c23-16-7-5-15(6-8-16)20-14-26(11-12-28-20)22(27)10-9-21-25-13-19(29-21)17-3-1-2-4-18(17)24/h1-8,13,20H,9-12,14H2. The molecule has 1 unspecified atom stereocenters. The predicted molar refractivity (Wildman–Crippen MR) is 102 cm³/mol. The zero-order valence-electron chi connectivity index (χ0n) is 15.7. The zero-order valence-corrected chi connectivity index (χ0v) is 15.7. The molecule has 2 heterocycles. The molecule has 4 rings (SSSR count). The van der Waals surface area contributed by atoms with Gasteiger partial charge < -0.3 is 14.1 Å². The van der Waals surface area contributed by atoms with Crippen molar-refractivity contribution in [3.63, 3.8) is 0 Å². The normalized spacial score (nSPS) is 16.8. The molecule has 1 amide bonds. The van der Waals surface area contributed by atoms with Gasteiger partial charge in [-0.25, -0.2) is 13.8 Å². The van der Waals surface area contributed by atoms with E-state index in [1.165, 1.54) is 24.4 Å². The smallest absolute Gasteiger partial charge is 0.223 e. The summed E-state index contributed by atoms with van der Waals surface area (Å²) < 4.78 is 38.3. The Morgan fingerprint density at radius 2 is 1.93 bits per heavy atom. The largest absolute Gasteiger partial charge is 0.441 e. The molecule has 1 saturated heterocycles. The second-order valence-corrected chi connectivity index (χ2v) is 6.85. The Balaban J connectivity index is 1.35. The molecule has 1 aliphatic rings. The average molecular weight is 398 g/mol. The number of hydrogen-bond acceptors (Lipinski definition) is 4. The van der Waals surface area contributed by atoms with E-state index in [1.807, 2.05) is 0 Å². The quantitative estimate of drug-likeness (QED) is 0.648. The Hall–Kier alpha value is -3.06. The van der Waals surface area contributed by atoms with Crippen LogP contribution in [-0.4, -0.2) is 35.5 Å². The fourth-order valence-electron chi connectivity index (χ4n) is 3.34. The maximum absolute atomic E-state index is 13.9. The van der Waals surface area contributed by atoms with E-state index >= 15 is 0 Å². The molecule has 5 nitrogen and oxygen atoms in total. The van der Waals surface area contributed by atoms with Crippen LogP contribution in [-0.2, 0) is 16.0 Å². The van der Waals surface area contributed by atoms with E-state index in [0.29, 0.717) is 43.3 Å². The SMILES string of the molecule is O=C(CCc1ncc(-c2ccccc2F)o1)N1CCOC(c2ccc(F)cc2)C1. The van der Waals surface area contributed by atoms with Gasteiger partial charge in [0.05, 0.1) is 24.9 Å². The Morgan fingerprint density at radius 3 is 2.72 bits per heavy atom. The third kappa shape index (κ3) is 4.51. The molecule has 0 aliphatic carbocycles. The minimum atomic E-state index is -0.383. The summed E-state index contributed by atoms with van der Waals surface area (Å²) in [6, 6.07) is 12.4. The average Bonchev–Trinajstić information content (AvgIpc) is 3.22. The van der Waals surface area contributed by atoms with Crippen LogP contribution in [0.2, 0.25) is 0 Å². The van der Waals surface area contributed by atoms with Crippen molar-refractivity contribution >= 4 is 5.91 Å². The lowest BCUT2D eigenvalue weighted by atomic mass is 10.1. The molecule has 2 aromatic carbocycles. The highest BCUT2D eigenvalue weighted by Crippen LogP contribution is 2.25. The molecule has 1 fully saturated rings. The Morgan fingerprint density at radius 1 is 1.14 bits per heavy atom. The molecule has 0 N–H and O–H groups in total. The van der Waals surface area contributed by atoms with Gasteiger partial charge in [-0.2, -0.15) is 0 Å². The predicted octanol–water partition coefficient (Wildman–Crippen LogP) is 4.15. The third-order valence-electron chi connectivity index (χ3n) is 4.91. The number of oxazole rings is 1. The second-order valence-electron chi connectivity index (χ2n) is 6.85. The van der Waals surface area contributed by atoms with Gasteiger partial charge in [0.1, 0.15) is 17.7 Å². The van der Waals surface area contributed by atoms with Crippen molar-refractivity contribution in [1.82, 2.24) is 9.88 Å². The molecule has 7 heteroatoms. The molecular weight excluding hydrogens is 378 g/mol. The summed E-state index contributed by atoms with van der Waals surface area (Å²) in [4.78, 5) is 18.5. The molecule has 1 aromatic heterocycles. The van der Waals surface area contributed by atoms with Gasteiger partial charge in [0.25, 0.3) is 0 Å². The number of amides is 1. The number of rotatable bonds is 5. The first-order valence-corrected chi connectivity index (χ1v) is 9.44. The fourth-order valence-corrected chi connectivity index (χ4v) is 3.34. The highest BCUT2D eigenvalue weighted by Gasteiger charge is 2.25. The van der Waals surface area contributed by atoms with Crippen molar-refractivity contribution in [2.75, 3.05) is 19.7 Å². The topological polar surface area (TPSA) is 55.6 Å². The number of hydrogen-bond donors (Lipinski definition) is 0. The third-order valence-corrected chi connectivity index (χ3v) is 4.91. The molecule has 0 radical (unpaired) electrons. The number of aryl methyl sites for hydroxylation is 1. The van der Waals surface area contributed by atoms with E-state index < -0.39 is 0 Å². The summed E-state index contributed by atoms with van der Waals surface area (Å²) in [5, 5.41) is 0. The molecule has 3 aromatic rings. The van der Waals surface area contributed by atoms with Crippen molar-refractivity contribution in [3.8, 4) is 11.3 Å². The van der Waals surface area contributed by atoms with Gasteiger partial charge >= 0.3 is 0 Å². The van der Waals surface area contributed by atoms with Crippen LogP contribution in [0.3, 0.4) is 0 Å². The van der Waals surface area contributed by atoms with Crippen LogP contribution in [0.5, 0.6) is 0 Å². The van der Waals surface area contributed by atoms with Gasteiger partial charge in [0.2, 0.25) is 5.91 Å². The lowest BCUT2D eigenvalue weighted by Crippen LogP contribution is -2.42. The lowest BCUT2D eigenvalue weighted by molar-refractivity contribution is -0.139. The summed E-state index contributed by atoms with van der Waals surface area (Å²) in [6.45, 7) is 1.34. The van der Waals surface area contributed by atoms with Gasteiger partial charge in [0, 0.05) is 19.4 Å². The number of benzene rings is 2. The first-order chi connectivity index (χ1) is 14.1. The summed E-state index contributed by atoms with van der Waals surface area (Å²) >= 11 is 0. The number of carbonyl (C=O) groups excluding carboxylic acids is 1. The van der Waals surface area contributed by atoms with E-state index in [4.69, 9.17) is 9.15 Å². The van der Waals surface area contributed by atoms with Crippen molar-refractivity contribution in [2.24, 2.45) is 0 Å². The minimum absolute atomic E-state index is 0.0361. The van der Waals surface area contributed by atoms with Crippen molar-refractivity contribution in [3.05, 3.63) is 77.8 Å². The first-order valence-electron chi connectivity index (χ1n) is 9.44. The summed E-state index contributed by atoms with van der Waals surface area (Å²) in [7, 11) is 0. The van der Waals surface area contributed by atoms with Crippen LogP contribution < -0.4 is 0 Å². The molecule has 150 valence electrons. The lowest BCUT2D eigenvalue weighted by Gasteiger charge is -2.33. The molecule has 1 atom stereocenters. The summed E-state index contributed by atoms with van der Waals surface area (Å²) in [5.74, 6) is 0.00363. The maximum atomic E-state index is 13.9. The Labute approximate surface area is 166 Å². The van der Waals surface area contributed by atoms with Crippen LogP contribution in [0, 0.1) is 11.6 Å². The molecule has 0 bridgehead atoms. The first kappa shape index (κ1) is 19.3. The van der Waals surface area contributed by atoms with Crippen LogP contribution in [0.4, 0.5) is 8.78 Å². The monoisotopic (exact) mass is 398 g/mol. The van der Waals surface area contributed by atoms with Crippen molar-refractivity contribution < 1.29 is 22.7 Å². The van der Waals surface area contributed by atoms with E-state index in [0.717, 1.165) is 5.56 Å². The summed E-state index contributed by atoms with van der Waals surface area (Å²) in [5.41, 5.74) is 1.18. The zero-order chi connectivity index (χ0) is 20.2. The highest BCUT2D eigenvalue weighted by molar-refractivity contribution is 5.76. The van der Waals surface area contributed by atoms with Gasteiger partial charge in [-0.15, -0.1) is 0 Å². The van der Waals surface area contributed by atoms with Crippen LogP contribution in [0.25, 0.3) is 11.3 Å². The second kappa shape index (κ2) is 8.53. The number of halogens is 2. The van der Waals surface area contributed by atoms with Crippen LogP contribution >= 0.6 is 0 Å². The molecule has 29 heavy (non-hydrogen) atoms. The fraction of sp³-hybridized carbons (Fsp3) is 0.273.